The fourth-order valence-electron chi connectivity index (χ4n) is 3.72. The standard InChI is InChI=1S/C20H19N3O3.Na/c1-12-15-9-8-14(10-17(15)23(2)22-12)21-18(24)16-11-20(16,19(25)26)13-6-4-3-5-7-13;/h3-10,16H,11H2,1-2H3,(H,21,24)(H,25,26);/q;+1/p-1/t16-,20+;/m0./s1. The van der Waals surface area contributed by atoms with Crippen molar-refractivity contribution in [3.05, 3.63) is 59.8 Å². The summed E-state index contributed by atoms with van der Waals surface area (Å²) < 4.78 is 1.76. The molecule has 0 spiro atoms. The Bertz CT molecular complexity index is 1030. The second kappa shape index (κ2) is 7.11. The van der Waals surface area contributed by atoms with E-state index in [-0.39, 0.29) is 41.9 Å². The van der Waals surface area contributed by atoms with Gasteiger partial charge in [0.1, 0.15) is 0 Å². The number of amides is 1. The van der Waals surface area contributed by atoms with Crippen LogP contribution in [0.25, 0.3) is 10.9 Å². The largest absolute Gasteiger partial charge is 1.00 e. The number of nitrogens with zero attached hydrogens (tertiary/aromatic N) is 2. The van der Waals surface area contributed by atoms with Gasteiger partial charge in [-0.15, -0.1) is 0 Å². The average Bonchev–Trinajstić information content (AvgIpc) is 3.33. The number of carboxylic acid groups (broad SMARTS) is 1. The number of rotatable bonds is 4. The van der Waals surface area contributed by atoms with Crippen LogP contribution in [0, 0.1) is 12.8 Å². The average molecular weight is 371 g/mol. The summed E-state index contributed by atoms with van der Waals surface area (Å²) >= 11 is 0. The van der Waals surface area contributed by atoms with E-state index in [1.165, 1.54) is 0 Å². The minimum Gasteiger partial charge on any atom is -0.549 e. The molecule has 4 rings (SSSR count). The molecule has 1 amide bonds. The summed E-state index contributed by atoms with van der Waals surface area (Å²) in [6.07, 6.45) is 0.248. The molecule has 2 aromatic carbocycles. The van der Waals surface area contributed by atoms with Crippen molar-refractivity contribution in [3.8, 4) is 0 Å². The van der Waals surface area contributed by atoms with Crippen molar-refractivity contribution in [2.45, 2.75) is 18.8 Å². The van der Waals surface area contributed by atoms with E-state index in [0.717, 1.165) is 16.6 Å². The minimum absolute atomic E-state index is 0. The number of hydrogen-bond donors (Lipinski definition) is 1. The topological polar surface area (TPSA) is 87.0 Å². The van der Waals surface area contributed by atoms with Gasteiger partial charge >= 0.3 is 29.6 Å². The molecule has 0 radical (unpaired) electrons. The molecule has 0 unspecified atom stereocenters. The quantitative estimate of drug-likeness (QED) is 0.568. The summed E-state index contributed by atoms with van der Waals surface area (Å²) in [5, 5.41) is 20.0. The summed E-state index contributed by atoms with van der Waals surface area (Å²) in [6, 6.07) is 14.4. The minimum atomic E-state index is -1.24. The maximum absolute atomic E-state index is 12.7. The van der Waals surface area contributed by atoms with Gasteiger partial charge in [-0.1, -0.05) is 30.3 Å². The van der Waals surface area contributed by atoms with Gasteiger partial charge in [0.25, 0.3) is 0 Å². The second-order valence-corrected chi connectivity index (χ2v) is 6.81. The fraction of sp³-hybridized carbons (Fsp3) is 0.250. The van der Waals surface area contributed by atoms with Crippen LogP contribution in [-0.4, -0.2) is 21.7 Å². The van der Waals surface area contributed by atoms with Crippen LogP contribution < -0.4 is 40.0 Å². The summed E-state index contributed by atoms with van der Waals surface area (Å²) in [5.74, 6) is -2.16. The van der Waals surface area contributed by atoms with Crippen LogP contribution in [0.5, 0.6) is 0 Å². The number of benzene rings is 2. The number of aromatic nitrogens is 2. The summed E-state index contributed by atoms with van der Waals surface area (Å²) in [6.45, 7) is 1.93. The third-order valence-electron chi connectivity index (χ3n) is 5.23. The first-order valence-electron chi connectivity index (χ1n) is 8.44. The summed E-state index contributed by atoms with van der Waals surface area (Å²) in [7, 11) is 1.85. The first kappa shape index (κ1) is 19.6. The van der Waals surface area contributed by atoms with E-state index in [9.17, 15) is 14.7 Å². The molecular weight excluding hydrogens is 353 g/mol. The molecule has 3 aromatic rings. The number of carboxylic acids is 1. The van der Waals surface area contributed by atoms with Crippen LogP contribution in [0.1, 0.15) is 17.7 Å². The van der Waals surface area contributed by atoms with E-state index < -0.39 is 17.3 Å². The van der Waals surface area contributed by atoms with Gasteiger partial charge < -0.3 is 15.2 Å². The zero-order chi connectivity index (χ0) is 18.5. The SMILES string of the molecule is Cc1nn(C)c2cc(NC(=O)[C@@H]3C[C@@]3(C(=O)[O-])c3ccccc3)ccc12.[Na+]. The molecule has 1 fully saturated rings. The maximum Gasteiger partial charge on any atom is 1.00 e. The van der Waals surface area contributed by atoms with Gasteiger partial charge in [-0.2, -0.15) is 5.10 Å². The van der Waals surface area contributed by atoms with Crippen LogP contribution in [0.15, 0.2) is 48.5 Å². The molecule has 0 aliphatic heterocycles. The zero-order valence-corrected chi connectivity index (χ0v) is 17.5. The van der Waals surface area contributed by atoms with Crippen molar-refractivity contribution < 1.29 is 44.3 Å². The van der Waals surface area contributed by atoms with Gasteiger partial charge in [-0.05, 0) is 37.1 Å². The zero-order valence-electron chi connectivity index (χ0n) is 15.5. The molecule has 1 saturated carbocycles. The maximum atomic E-state index is 12.7. The van der Waals surface area contributed by atoms with Gasteiger partial charge in [0.15, 0.2) is 0 Å². The van der Waals surface area contributed by atoms with E-state index in [0.29, 0.717) is 11.3 Å². The van der Waals surface area contributed by atoms with Crippen molar-refractivity contribution in [1.82, 2.24) is 9.78 Å². The predicted octanol–water partition coefficient (Wildman–Crippen LogP) is -1.47. The number of carbonyl (C=O) groups is 2. The predicted molar refractivity (Wildman–Crippen MR) is 95.3 cm³/mol. The molecule has 1 heterocycles. The van der Waals surface area contributed by atoms with Crippen molar-refractivity contribution >= 4 is 28.5 Å². The number of carbonyl (C=O) groups excluding carboxylic acids is 2. The van der Waals surface area contributed by atoms with Crippen LogP contribution in [0.4, 0.5) is 5.69 Å². The van der Waals surface area contributed by atoms with Gasteiger partial charge in [-0.3, -0.25) is 9.48 Å². The molecule has 6 nitrogen and oxygen atoms in total. The molecule has 1 aliphatic carbocycles. The molecule has 132 valence electrons. The Balaban J connectivity index is 0.00000210. The Morgan fingerprint density at radius 2 is 1.93 bits per heavy atom. The van der Waals surface area contributed by atoms with Crippen molar-refractivity contribution in [3.63, 3.8) is 0 Å². The van der Waals surface area contributed by atoms with E-state index in [1.807, 2.05) is 32.2 Å². The van der Waals surface area contributed by atoms with Crippen molar-refractivity contribution in [1.29, 1.82) is 0 Å². The molecule has 1 aromatic heterocycles. The molecule has 1 N–H and O–H groups in total. The van der Waals surface area contributed by atoms with Crippen LogP contribution in [-0.2, 0) is 22.1 Å². The molecule has 0 saturated heterocycles. The van der Waals surface area contributed by atoms with Gasteiger partial charge in [0, 0.05) is 23.5 Å². The molecule has 1 aliphatic rings. The second-order valence-electron chi connectivity index (χ2n) is 6.81. The number of aliphatic carboxylic acids is 1. The van der Waals surface area contributed by atoms with Crippen LogP contribution in [0.2, 0.25) is 0 Å². The number of anilines is 1. The fourth-order valence-corrected chi connectivity index (χ4v) is 3.72. The number of aryl methyl sites for hydroxylation is 2. The van der Waals surface area contributed by atoms with Crippen molar-refractivity contribution in [2.24, 2.45) is 13.0 Å². The summed E-state index contributed by atoms with van der Waals surface area (Å²) in [4.78, 5) is 24.4. The molecule has 0 bridgehead atoms. The summed E-state index contributed by atoms with van der Waals surface area (Å²) in [5.41, 5.74) is 1.82. The Labute approximate surface area is 178 Å². The van der Waals surface area contributed by atoms with Crippen LogP contribution >= 0.6 is 0 Å². The molecule has 27 heavy (non-hydrogen) atoms. The van der Waals surface area contributed by atoms with Gasteiger partial charge in [-0.25, -0.2) is 0 Å². The third kappa shape index (κ3) is 3.18. The first-order chi connectivity index (χ1) is 12.4. The number of fused-ring (bicyclic) bond motifs is 1. The van der Waals surface area contributed by atoms with Gasteiger partial charge in [0.05, 0.1) is 23.1 Å². The number of hydrogen-bond acceptors (Lipinski definition) is 4. The molecule has 2 atom stereocenters. The monoisotopic (exact) mass is 371 g/mol. The van der Waals surface area contributed by atoms with Crippen molar-refractivity contribution in [2.75, 3.05) is 5.32 Å². The Morgan fingerprint density at radius 3 is 2.59 bits per heavy atom. The van der Waals surface area contributed by atoms with Gasteiger partial charge in [0.2, 0.25) is 5.91 Å². The Kier molecular flexibility index (Phi) is 5.16. The van der Waals surface area contributed by atoms with E-state index in [4.69, 9.17) is 0 Å². The Morgan fingerprint density at radius 1 is 1.22 bits per heavy atom. The molecular formula is C20H18N3NaO3. The van der Waals surface area contributed by atoms with E-state index >= 15 is 0 Å². The first-order valence-corrected chi connectivity index (χ1v) is 8.44. The van der Waals surface area contributed by atoms with E-state index in [2.05, 4.69) is 10.4 Å². The third-order valence-corrected chi connectivity index (χ3v) is 5.23. The number of nitrogens with one attached hydrogen (secondary N) is 1. The molecule has 7 heteroatoms. The van der Waals surface area contributed by atoms with E-state index in [1.54, 1.807) is 35.0 Å². The van der Waals surface area contributed by atoms with Crippen LogP contribution in [0.3, 0.4) is 0 Å². The normalized spacial score (nSPS) is 20.7. The smallest absolute Gasteiger partial charge is 0.549 e. The Hall–Kier alpha value is -2.15.